The second kappa shape index (κ2) is 5.68. The zero-order valence-corrected chi connectivity index (χ0v) is 11.9. The van der Waals surface area contributed by atoms with E-state index in [4.69, 9.17) is 5.73 Å². The third-order valence-corrected chi connectivity index (χ3v) is 6.37. The number of hydrogen-bond donors (Lipinski definition) is 1. The monoisotopic (exact) mass is 272 g/mol. The van der Waals surface area contributed by atoms with Crippen LogP contribution in [0.5, 0.6) is 0 Å². The first kappa shape index (κ1) is 13.2. The van der Waals surface area contributed by atoms with Crippen molar-refractivity contribution in [3.63, 3.8) is 0 Å². The quantitative estimate of drug-likeness (QED) is 0.837. The van der Waals surface area contributed by atoms with E-state index in [1.165, 1.54) is 32.1 Å². The molecule has 2 nitrogen and oxygen atoms in total. The molecule has 1 heterocycles. The van der Waals surface area contributed by atoms with Gasteiger partial charge in [-0.15, -0.1) is 11.8 Å². The maximum absolute atomic E-state index is 13.5. The van der Waals surface area contributed by atoms with Gasteiger partial charge in [-0.05, 0) is 38.0 Å². The molecule has 0 radical (unpaired) electrons. The minimum absolute atomic E-state index is 0.165. The molecule has 3 aliphatic rings. The Balaban J connectivity index is 1.60. The van der Waals surface area contributed by atoms with Crippen molar-refractivity contribution in [3.05, 3.63) is 0 Å². The van der Waals surface area contributed by atoms with E-state index in [0.717, 1.165) is 31.1 Å². The van der Waals surface area contributed by atoms with Crippen molar-refractivity contribution in [3.8, 4) is 0 Å². The lowest BCUT2D eigenvalue weighted by Gasteiger charge is -2.35. The molecule has 104 valence electrons. The zero-order chi connectivity index (χ0) is 12.5. The molecule has 0 spiro atoms. The van der Waals surface area contributed by atoms with E-state index in [-0.39, 0.29) is 5.50 Å². The summed E-state index contributed by atoms with van der Waals surface area (Å²) in [6, 6.07) is 0.679. The van der Waals surface area contributed by atoms with Gasteiger partial charge in [0.1, 0.15) is 11.7 Å². The van der Waals surface area contributed by atoms with Crippen LogP contribution in [0.25, 0.3) is 0 Å². The molecule has 4 heteroatoms. The van der Waals surface area contributed by atoms with Crippen molar-refractivity contribution in [2.75, 3.05) is 6.54 Å². The van der Waals surface area contributed by atoms with Gasteiger partial charge < -0.3 is 5.73 Å². The van der Waals surface area contributed by atoms with Crippen molar-refractivity contribution in [1.29, 1.82) is 0 Å². The minimum atomic E-state index is -0.558. The van der Waals surface area contributed by atoms with Crippen LogP contribution in [0.3, 0.4) is 0 Å². The van der Waals surface area contributed by atoms with Crippen LogP contribution in [0, 0.1) is 5.92 Å². The number of nitrogens with two attached hydrogens (primary N) is 1. The summed E-state index contributed by atoms with van der Waals surface area (Å²) >= 11 is 1.96. The van der Waals surface area contributed by atoms with Crippen LogP contribution in [0.2, 0.25) is 0 Å². The van der Waals surface area contributed by atoms with Gasteiger partial charge in [0.05, 0.1) is 0 Å². The fraction of sp³-hybridized carbons (Fsp3) is 1.00. The molecule has 2 aliphatic carbocycles. The van der Waals surface area contributed by atoms with Gasteiger partial charge in [-0.25, -0.2) is 4.39 Å². The van der Waals surface area contributed by atoms with E-state index in [1.807, 2.05) is 11.8 Å². The first-order valence-corrected chi connectivity index (χ1v) is 8.49. The zero-order valence-electron chi connectivity index (χ0n) is 11.1. The highest BCUT2D eigenvalue weighted by Gasteiger charge is 2.42. The fourth-order valence-electron chi connectivity index (χ4n) is 3.99. The molecule has 0 aromatic rings. The SMILES string of the molecule is NC1SC2CCCCC2N1CC1CCCC(F)C1. The molecule has 2 N–H and O–H groups in total. The van der Waals surface area contributed by atoms with Crippen LogP contribution in [0.1, 0.15) is 51.4 Å². The van der Waals surface area contributed by atoms with Gasteiger partial charge in [-0.1, -0.05) is 19.3 Å². The Morgan fingerprint density at radius 1 is 1.11 bits per heavy atom. The van der Waals surface area contributed by atoms with Gasteiger partial charge in [0.25, 0.3) is 0 Å². The molecule has 0 aromatic carbocycles. The van der Waals surface area contributed by atoms with Gasteiger partial charge in [-0.3, -0.25) is 4.90 Å². The van der Waals surface area contributed by atoms with Crippen LogP contribution in [-0.4, -0.2) is 34.4 Å². The Hall–Kier alpha value is 0.200. The summed E-state index contributed by atoms with van der Waals surface area (Å²) in [4.78, 5) is 2.50. The summed E-state index contributed by atoms with van der Waals surface area (Å²) in [5, 5.41) is 0.749. The average molecular weight is 272 g/mol. The van der Waals surface area contributed by atoms with Crippen LogP contribution < -0.4 is 5.73 Å². The van der Waals surface area contributed by atoms with Crippen LogP contribution in [0.15, 0.2) is 0 Å². The predicted molar refractivity (Wildman–Crippen MR) is 75.2 cm³/mol. The Bertz CT molecular complexity index is 289. The minimum Gasteiger partial charge on any atom is -0.307 e. The fourth-order valence-corrected chi connectivity index (χ4v) is 5.52. The second-order valence-corrected chi connectivity index (χ2v) is 7.60. The molecular weight excluding hydrogens is 247 g/mol. The number of fused-ring (bicyclic) bond motifs is 1. The molecule has 2 saturated carbocycles. The van der Waals surface area contributed by atoms with Crippen molar-refractivity contribution >= 4 is 11.8 Å². The van der Waals surface area contributed by atoms with E-state index in [0.29, 0.717) is 12.0 Å². The van der Waals surface area contributed by atoms with Gasteiger partial charge in [0, 0.05) is 17.8 Å². The van der Waals surface area contributed by atoms with Crippen molar-refractivity contribution in [2.45, 2.75) is 74.3 Å². The lowest BCUT2D eigenvalue weighted by atomic mass is 9.86. The van der Waals surface area contributed by atoms with Gasteiger partial charge in [0.15, 0.2) is 0 Å². The topological polar surface area (TPSA) is 29.3 Å². The molecule has 1 saturated heterocycles. The summed E-state index contributed by atoms with van der Waals surface area (Å²) in [7, 11) is 0. The van der Waals surface area contributed by atoms with E-state index in [2.05, 4.69) is 4.90 Å². The third-order valence-electron chi connectivity index (χ3n) is 4.92. The highest BCUT2D eigenvalue weighted by Crippen LogP contribution is 2.42. The van der Waals surface area contributed by atoms with Gasteiger partial charge in [-0.2, -0.15) is 0 Å². The number of hydrogen-bond acceptors (Lipinski definition) is 3. The lowest BCUT2D eigenvalue weighted by Crippen LogP contribution is -2.46. The molecule has 0 bridgehead atoms. The summed E-state index contributed by atoms with van der Waals surface area (Å²) in [6.07, 6.45) is 8.60. The Kier molecular flexibility index (Phi) is 4.16. The molecule has 1 aliphatic heterocycles. The molecular formula is C14H25FN2S. The van der Waals surface area contributed by atoms with Crippen LogP contribution in [0.4, 0.5) is 4.39 Å². The first-order chi connectivity index (χ1) is 8.74. The predicted octanol–water partition coefficient (Wildman–Crippen LogP) is 3.12. The lowest BCUT2D eigenvalue weighted by molar-refractivity contribution is 0.109. The van der Waals surface area contributed by atoms with Gasteiger partial charge >= 0.3 is 0 Å². The van der Waals surface area contributed by atoms with E-state index < -0.39 is 6.17 Å². The number of thioether (sulfide) groups is 1. The van der Waals surface area contributed by atoms with E-state index >= 15 is 0 Å². The smallest absolute Gasteiger partial charge is 0.106 e. The van der Waals surface area contributed by atoms with Crippen molar-refractivity contribution in [2.24, 2.45) is 11.7 Å². The first-order valence-electron chi connectivity index (χ1n) is 7.55. The van der Waals surface area contributed by atoms with Crippen molar-refractivity contribution < 1.29 is 4.39 Å². The summed E-state index contributed by atoms with van der Waals surface area (Å²) in [5.41, 5.74) is 6.45. The molecule has 5 unspecified atom stereocenters. The number of halogens is 1. The summed E-state index contributed by atoms with van der Waals surface area (Å²) in [6.45, 7) is 1.04. The maximum atomic E-state index is 13.5. The Morgan fingerprint density at radius 3 is 2.78 bits per heavy atom. The van der Waals surface area contributed by atoms with Crippen molar-refractivity contribution in [1.82, 2.24) is 4.90 Å². The maximum Gasteiger partial charge on any atom is 0.106 e. The standard InChI is InChI=1S/C14H25FN2S/c15-11-5-3-4-10(8-11)9-17-12-6-1-2-7-13(12)18-14(17)16/h10-14H,1-9,16H2. The molecule has 3 rings (SSSR count). The normalized spacial score (nSPS) is 46.0. The van der Waals surface area contributed by atoms with Gasteiger partial charge in [0.2, 0.25) is 0 Å². The average Bonchev–Trinajstić information content (AvgIpc) is 2.66. The summed E-state index contributed by atoms with van der Waals surface area (Å²) in [5.74, 6) is 0.543. The Morgan fingerprint density at radius 2 is 1.94 bits per heavy atom. The largest absolute Gasteiger partial charge is 0.307 e. The van der Waals surface area contributed by atoms with Crippen LogP contribution in [-0.2, 0) is 0 Å². The molecule has 18 heavy (non-hydrogen) atoms. The van der Waals surface area contributed by atoms with E-state index in [9.17, 15) is 4.39 Å². The number of nitrogens with zero attached hydrogens (tertiary/aromatic N) is 1. The molecule has 5 atom stereocenters. The second-order valence-electron chi connectivity index (χ2n) is 6.24. The molecule has 0 amide bonds. The highest BCUT2D eigenvalue weighted by molar-refractivity contribution is 8.00. The Labute approximate surface area is 114 Å². The number of alkyl halides is 1. The highest BCUT2D eigenvalue weighted by atomic mass is 32.2. The summed E-state index contributed by atoms with van der Waals surface area (Å²) < 4.78 is 13.5. The molecule has 3 fully saturated rings. The third kappa shape index (κ3) is 2.70. The molecule has 0 aromatic heterocycles. The van der Waals surface area contributed by atoms with Crippen LogP contribution >= 0.6 is 11.8 Å². The number of rotatable bonds is 2. The van der Waals surface area contributed by atoms with E-state index in [1.54, 1.807) is 0 Å².